The largest absolute Gasteiger partial charge is 0.468 e. The van der Waals surface area contributed by atoms with Crippen molar-refractivity contribution in [1.82, 2.24) is 0 Å². The Hall–Kier alpha value is -0.570. The van der Waals surface area contributed by atoms with Gasteiger partial charge in [0.1, 0.15) is 5.54 Å². The molecule has 0 heterocycles. The van der Waals surface area contributed by atoms with Crippen LogP contribution in [-0.4, -0.2) is 18.6 Å². The first-order chi connectivity index (χ1) is 7.56. The van der Waals surface area contributed by atoms with Crippen LogP contribution in [0, 0.1) is 10.8 Å². The maximum atomic E-state index is 12.1. The van der Waals surface area contributed by atoms with Crippen LogP contribution < -0.4 is 5.73 Å². The van der Waals surface area contributed by atoms with E-state index in [2.05, 4.69) is 27.7 Å². The zero-order valence-corrected chi connectivity index (χ0v) is 12.5. The maximum absolute atomic E-state index is 12.1. The summed E-state index contributed by atoms with van der Waals surface area (Å²) in [6, 6.07) is 0. The zero-order chi connectivity index (χ0) is 13.9. The molecule has 0 aliphatic heterocycles. The highest BCUT2D eigenvalue weighted by molar-refractivity contribution is 5.81. The highest BCUT2D eigenvalue weighted by Gasteiger charge is 2.50. The van der Waals surface area contributed by atoms with Crippen LogP contribution in [0.25, 0.3) is 0 Å². The van der Waals surface area contributed by atoms with E-state index in [1.54, 1.807) is 0 Å². The molecule has 17 heavy (non-hydrogen) atoms. The van der Waals surface area contributed by atoms with Crippen molar-refractivity contribution in [2.75, 3.05) is 7.11 Å². The van der Waals surface area contributed by atoms with Gasteiger partial charge in [0.25, 0.3) is 0 Å². The molecule has 0 bridgehead atoms. The quantitative estimate of drug-likeness (QED) is 0.729. The molecule has 0 aromatic heterocycles. The highest BCUT2D eigenvalue weighted by atomic mass is 16.5. The molecule has 0 fully saturated rings. The third-order valence-electron chi connectivity index (χ3n) is 4.36. The zero-order valence-electron chi connectivity index (χ0n) is 12.5. The third-order valence-corrected chi connectivity index (χ3v) is 4.36. The Kier molecular flexibility index (Phi) is 5.20. The molecule has 3 heteroatoms. The second-order valence-corrected chi connectivity index (χ2v) is 6.39. The molecule has 0 saturated carbocycles. The first kappa shape index (κ1) is 16.4. The first-order valence-corrected chi connectivity index (χ1v) is 6.43. The van der Waals surface area contributed by atoms with Crippen LogP contribution in [0.15, 0.2) is 0 Å². The standard InChI is InChI=1S/C14H29NO2/c1-8-12(3,4)10-14(15,11(16)17-7)13(5,6)9-2/h8-10,15H2,1-7H3. The number of hydrogen-bond acceptors (Lipinski definition) is 3. The second-order valence-electron chi connectivity index (χ2n) is 6.39. The number of esters is 1. The Balaban J connectivity index is 5.34. The molecule has 0 saturated heterocycles. The Morgan fingerprint density at radius 3 is 1.88 bits per heavy atom. The molecule has 0 aliphatic carbocycles. The van der Waals surface area contributed by atoms with Crippen LogP contribution in [0.4, 0.5) is 0 Å². The summed E-state index contributed by atoms with van der Waals surface area (Å²) in [6.45, 7) is 12.5. The van der Waals surface area contributed by atoms with Crippen LogP contribution >= 0.6 is 0 Å². The van der Waals surface area contributed by atoms with Crippen LogP contribution in [0.1, 0.15) is 60.8 Å². The van der Waals surface area contributed by atoms with Gasteiger partial charge in [-0.25, -0.2) is 0 Å². The molecule has 0 amide bonds. The SMILES string of the molecule is CCC(C)(C)CC(N)(C(=O)OC)C(C)(C)CC. The number of carbonyl (C=O) groups is 1. The summed E-state index contributed by atoms with van der Waals surface area (Å²) in [5, 5.41) is 0. The van der Waals surface area contributed by atoms with Crippen molar-refractivity contribution in [3.63, 3.8) is 0 Å². The van der Waals surface area contributed by atoms with E-state index >= 15 is 0 Å². The molecule has 0 aliphatic rings. The van der Waals surface area contributed by atoms with Crippen LogP contribution in [0.3, 0.4) is 0 Å². The normalized spacial score (nSPS) is 16.5. The maximum Gasteiger partial charge on any atom is 0.326 e. The van der Waals surface area contributed by atoms with Gasteiger partial charge in [0.15, 0.2) is 0 Å². The number of ether oxygens (including phenoxy) is 1. The van der Waals surface area contributed by atoms with Gasteiger partial charge in [-0.1, -0.05) is 48.0 Å². The number of methoxy groups -OCH3 is 1. The number of nitrogens with two attached hydrogens (primary N) is 1. The fourth-order valence-corrected chi connectivity index (χ4v) is 1.97. The minimum Gasteiger partial charge on any atom is -0.468 e. The Bertz CT molecular complexity index is 271. The van der Waals surface area contributed by atoms with Crippen LogP contribution in [-0.2, 0) is 9.53 Å². The highest BCUT2D eigenvalue weighted by Crippen LogP contribution is 2.42. The van der Waals surface area contributed by atoms with Crippen molar-refractivity contribution in [2.45, 2.75) is 66.3 Å². The molecule has 0 spiro atoms. The molecule has 1 atom stereocenters. The molecule has 1 unspecified atom stereocenters. The van der Waals surface area contributed by atoms with Gasteiger partial charge in [0, 0.05) is 0 Å². The third kappa shape index (κ3) is 3.44. The lowest BCUT2D eigenvalue weighted by Crippen LogP contribution is -2.61. The van der Waals surface area contributed by atoms with Crippen LogP contribution in [0.2, 0.25) is 0 Å². The number of rotatable bonds is 6. The smallest absolute Gasteiger partial charge is 0.326 e. The molecule has 0 aromatic rings. The average molecular weight is 243 g/mol. The van der Waals surface area contributed by atoms with E-state index in [-0.39, 0.29) is 16.8 Å². The van der Waals surface area contributed by atoms with E-state index in [0.717, 1.165) is 12.8 Å². The monoisotopic (exact) mass is 243 g/mol. The molecule has 0 aromatic carbocycles. The van der Waals surface area contributed by atoms with E-state index < -0.39 is 5.54 Å². The summed E-state index contributed by atoms with van der Waals surface area (Å²) < 4.78 is 4.93. The topological polar surface area (TPSA) is 52.3 Å². The Labute approximate surface area is 106 Å². The lowest BCUT2D eigenvalue weighted by atomic mass is 9.63. The molecular formula is C14H29NO2. The summed E-state index contributed by atoms with van der Waals surface area (Å²) in [7, 11) is 1.41. The van der Waals surface area contributed by atoms with Crippen molar-refractivity contribution in [1.29, 1.82) is 0 Å². The first-order valence-electron chi connectivity index (χ1n) is 6.43. The fourth-order valence-electron chi connectivity index (χ4n) is 1.97. The number of hydrogen-bond donors (Lipinski definition) is 1. The van der Waals surface area contributed by atoms with Gasteiger partial charge in [-0.3, -0.25) is 4.79 Å². The molecule has 2 N–H and O–H groups in total. The van der Waals surface area contributed by atoms with Gasteiger partial charge in [-0.05, 0) is 23.7 Å². The summed E-state index contributed by atoms with van der Waals surface area (Å²) in [5.41, 5.74) is 5.27. The molecule has 0 radical (unpaired) electrons. The van der Waals surface area contributed by atoms with Gasteiger partial charge in [-0.2, -0.15) is 0 Å². The summed E-state index contributed by atoms with van der Waals surface area (Å²) >= 11 is 0. The van der Waals surface area contributed by atoms with E-state index in [0.29, 0.717) is 6.42 Å². The van der Waals surface area contributed by atoms with Crippen molar-refractivity contribution in [3.8, 4) is 0 Å². The minimum atomic E-state index is -0.921. The van der Waals surface area contributed by atoms with Crippen molar-refractivity contribution < 1.29 is 9.53 Å². The van der Waals surface area contributed by atoms with E-state index in [1.807, 2.05) is 13.8 Å². The van der Waals surface area contributed by atoms with E-state index in [4.69, 9.17) is 10.5 Å². The molecule has 102 valence electrons. The van der Waals surface area contributed by atoms with Gasteiger partial charge in [0.05, 0.1) is 7.11 Å². The predicted octanol–water partition coefficient (Wildman–Crippen LogP) is 3.12. The van der Waals surface area contributed by atoms with Gasteiger partial charge in [-0.15, -0.1) is 0 Å². The van der Waals surface area contributed by atoms with Gasteiger partial charge >= 0.3 is 5.97 Å². The van der Waals surface area contributed by atoms with Crippen molar-refractivity contribution in [2.24, 2.45) is 16.6 Å². The van der Waals surface area contributed by atoms with E-state index in [1.165, 1.54) is 7.11 Å². The molecule has 3 nitrogen and oxygen atoms in total. The predicted molar refractivity (Wildman–Crippen MR) is 71.7 cm³/mol. The van der Waals surface area contributed by atoms with Crippen molar-refractivity contribution >= 4 is 5.97 Å². The van der Waals surface area contributed by atoms with Gasteiger partial charge in [0.2, 0.25) is 0 Å². The Morgan fingerprint density at radius 1 is 1.12 bits per heavy atom. The molecular weight excluding hydrogens is 214 g/mol. The summed E-state index contributed by atoms with van der Waals surface area (Å²) in [5.74, 6) is -0.300. The summed E-state index contributed by atoms with van der Waals surface area (Å²) in [6.07, 6.45) is 2.48. The number of carbonyl (C=O) groups excluding carboxylic acids is 1. The lowest BCUT2D eigenvalue weighted by molar-refractivity contribution is -0.154. The molecule has 0 rings (SSSR count). The van der Waals surface area contributed by atoms with E-state index in [9.17, 15) is 4.79 Å². The van der Waals surface area contributed by atoms with Crippen molar-refractivity contribution in [3.05, 3.63) is 0 Å². The summed E-state index contributed by atoms with van der Waals surface area (Å²) in [4.78, 5) is 12.1. The lowest BCUT2D eigenvalue weighted by Gasteiger charge is -2.45. The Morgan fingerprint density at radius 2 is 1.59 bits per heavy atom. The average Bonchev–Trinajstić information content (AvgIpc) is 2.26. The van der Waals surface area contributed by atoms with Gasteiger partial charge < -0.3 is 10.5 Å². The minimum absolute atomic E-state index is 0.0371. The second kappa shape index (κ2) is 5.38. The van der Waals surface area contributed by atoms with Crippen LogP contribution in [0.5, 0.6) is 0 Å². The fraction of sp³-hybridized carbons (Fsp3) is 0.929.